The number of carbonyl (C=O) groups is 1. The van der Waals surface area contributed by atoms with Gasteiger partial charge in [-0.1, -0.05) is 36.4 Å². The summed E-state index contributed by atoms with van der Waals surface area (Å²) in [5.74, 6) is -0.975. The van der Waals surface area contributed by atoms with Crippen molar-refractivity contribution in [3.63, 3.8) is 0 Å². The normalized spacial score (nSPS) is 10.7. The summed E-state index contributed by atoms with van der Waals surface area (Å²) in [6, 6.07) is 17.9. The van der Waals surface area contributed by atoms with Crippen molar-refractivity contribution in [1.82, 2.24) is 4.98 Å². The molecule has 110 valence electrons. The largest absolute Gasteiger partial charge is 0.478 e. The molecule has 0 aliphatic heterocycles. The maximum atomic E-state index is 11.4. The van der Waals surface area contributed by atoms with Gasteiger partial charge in [0.1, 0.15) is 0 Å². The van der Waals surface area contributed by atoms with Crippen molar-refractivity contribution in [2.24, 2.45) is 0 Å². The highest BCUT2D eigenvalue weighted by Crippen LogP contribution is 2.19. The van der Waals surface area contributed by atoms with Crippen molar-refractivity contribution in [3.05, 3.63) is 77.0 Å². The van der Waals surface area contributed by atoms with Gasteiger partial charge in [0.25, 0.3) is 0 Å². The smallest absolute Gasteiger partial charge is 0.336 e. The van der Waals surface area contributed by atoms with E-state index in [9.17, 15) is 9.90 Å². The van der Waals surface area contributed by atoms with Gasteiger partial charge in [-0.3, -0.25) is 0 Å². The van der Waals surface area contributed by atoms with Gasteiger partial charge in [0.15, 0.2) is 0 Å². The number of nitriles is 1. The van der Waals surface area contributed by atoms with Crippen molar-refractivity contribution in [2.75, 3.05) is 0 Å². The quantitative estimate of drug-likeness (QED) is 0.794. The number of aromatic carboxylic acids is 1. The monoisotopic (exact) mass is 300 g/mol. The van der Waals surface area contributed by atoms with Crippen LogP contribution in [0.5, 0.6) is 0 Å². The van der Waals surface area contributed by atoms with Crippen molar-refractivity contribution in [1.29, 1.82) is 5.26 Å². The molecule has 0 radical (unpaired) electrons. The molecule has 0 saturated carbocycles. The van der Waals surface area contributed by atoms with Crippen LogP contribution in [-0.4, -0.2) is 16.1 Å². The minimum absolute atomic E-state index is 0.232. The molecule has 23 heavy (non-hydrogen) atoms. The highest BCUT2D eigenvalue weighted by atomic mass is 16.4. The molecule has 0 aliphatic rings. The molecule has 0 atom stereocenters. The van der Waals surface area contributed by atoms with Crippen molar-refractivity contribution in [2.45, 2.75) is 0 Å². The maximum Gasteiger partial charge on any atom is 0.336 e. The van der Waals surface area contributed by atoms with Crippen molar-refractivity contribution < 1.29 is 9.90 Å². The van der Waals surface area contributed by atoms with Gasteiger partial charge in [-0.05, 0) is 35.9 Å². The number of carboxylic acids is 1. The lowest BCUT2D eigenvalue weighted by molar-refractivity contribution is 0.0699. The highest BCUT2D eigenvalue weighted by molar-refractivity contribution is 6.03. The molecule has 0 unspecified atom stereocenters. The summed E-state index contributed by atoms with van der Waals surface area (Å²) in [4.78, 5) is 15.9. The topological polar surface area (TPSA) is 74.0 Å². The molecule has 4 heteroatoms. The number of hydrogen-bond acceptors (Lipinski definition) is 3. The molecule has 0 spiro atoms. The lowest BCUT2D eigenvalue weighted by Crippen LogP contribution is -2.00. The van der Waals surface area contributed by atoms with Crippen LogP contribution in [0.4, 0.5) is 0 Å². The number of hydrogen-bond donors (Lipinski definition) is 1. The Morgan fingerprint density at radius 1 is 1.09 bits per heavy atom. The first-order valence-corrected chi connectivity index (χ1v) is 6.99. The fourth-order valence-electron chi connectivity index (χ4n) is 2.31. The molecule has 4 nitrogen and oxygen atoms in total. The molecule has 3 aromatic rings. The fraction of sp³-hybridized carbons (Fsp3) is 0. The summed E-state index contributed by atoms with van der Waals surface area (Å²) in [7, 11) is 0. The van der Waals surface area contributed by atoms with Gasteiger partial charge in [0, 0.05) is 5.39 Å². The standard InChI is InChI=1S/C19H12N2O2/c20-12-14-7-5-13(6-8-14)9-10-15-11-17(19(22)23)16-3-1-2-4-18(16)21-15/h1-11H,(H,22,23)/b10-9+. The molecule has 0 bridgehead atoms. The summed E-state index contributed by atoms with van der Waals surface area (Å²) in [5, 5.41) is 18.8. The van der Waals surface area contributed by atoms with E-state index in [1.54, 1.807) is 42.5 Å². The van der Waals surface area contributed by atoms with Gasteiger partial charge in [-0.25, -0.2) is 9.78 Å². The number of benzene rings is 2. The van der Waals surface area contributed by atoms with Gasteiger partial charge < -0.3 is 5.11 Å². The van der Waals surface area contributed by atoms with Crippen molar-refractivity contribution >= 4 is 29.0 Å². The van der Waals surface area contributed by atoms with E-state index in [1.165, 1.54) is 0 Å². The lowest BCUT2D eigenvalue weighted by Gasteiger charge is -2.04. The van der Waals surface area contributed by atoms with Crippen molar-refractivity contribution in [3.8, 4) is 6.07 Å². The minimum Gasteiger partial charge on any atom is -0.478 e. The molecule has 0 saturated heterocycles. The summed E-state index contributed by atoms with van der Waals surface area (Å²) < 4.78 is 0. The Kier molecular flexibility index (Phi) is 3.86. The van der Waals surface area contributed by atoms with Gasteiger partial charge in [0.05, 0.1) is 28.4 Å². The zero-order valence-electron chi connectivity index (χ0n) is 12.1. The zero-order valence-corrected chi connectivity index (χ0v) is 12.1. The van der Waals surface area contributed by atoms with Gasteiger partial charge in [0.2, 0.25) is 0 Å². The summed E-state index contributed by atoms with van der Waals surface area (Å²) in [6.07, 6.45) is 3.60. The number of fused-ring (bicyclic) bond motifs is 1. The SMILES string of the molecule is N#Cc1ccc(/C=C/c2cc(C(=O)O)c3ccccc3n2)cc1. The average molecular weight is 300 g/mol. The Morgan fingerprint density at radius 3 is 2.52 bits per heavy atom. The molecule has 1 aromatic heterocycles. The molecule has 1 N–H and O–H groups in total. The van der Waals surface area contributed by atoms with E-state index in [-0.39, 0.29) is 5.56 Å². The van der Waals surface area contributed by atoms with Crippen LogP contribution in [0, 0.1) is 11.3 Å². The number of carboxylic acid groups (broad SMARTS) is 1. The lowest BCUT2D eigenvalue weighted by atomic mass is 10.1. The van der Waals surface area contributed by atoms with Crippen LogP contribution in [0.25, 0.3) is 23.1 Å². The number of para-hydroxylation sites is 1. The molecule has 3 rings (SSSR count). The van der Waals surface area contributed by atoms with E-state index in [4.69, 9.17) is 5.26 Å². The summed E-state index contributed by atoms with van der Waals surface area (Å²) >= 11 is 0. The number of rotatable bonds is 3. The Balaban J connectivity index is 2.01. The van der Waals surface area contributed by atoms with E-state index < -0.39 is 5.97 Å². The van der Waals surface area contributed by atoms with Crippen LogP contribution in [0.15, 0.2) is 54.6 Å². The fourth-order valence-corrected chi connectivity index (χ4v) is 2.31. The summed E-state index contributed by atoms with van der Waals surface area (Å²) in [5.41, 5.74) is 2.96. The van der Waals surface area contributed by atoms with Crippen LogP contribution in [0.1, 0.15) is 27.2 Å². The maximum absolute atomic E-state index is 11.4. The predicted octanol–water partition coefficient (Wildman–Crippen LogP) is 3.98. The summed E-state index contributed by atoms with van der Waals surface area (Å²) in [6.45, 7) is 0. The second-order valence-corrected chi connectivity index (χ2v) is 4.98. The third-order valence-electron chi connectivity index (χ3n) is 3.45. The van der Waals surface area contributed by atoms with E-state index in [0.29, 0.717) is 22.2 Å². The van der Waals surface area contributed by atoms with E-state index in [0.717, 1.165) is 5.56 Å². The minimum atomic E-state index is -0.975. The Hall–Kier alpha value is -3.45. The molecule has 0 aliphatic carbocycles. The molecule has 0 fully saturated rings. The molecule has 1 heterocycles. The third kappa shape index (κ3) is 3.09. The zero-order chi connectivity index (χ0) is 16.2. The van der Waals surface area contributed by atoms with E-state index in [1.807, 2.05) is 24.3 Å². The number of aromatic nitrogens is 1. The van der Waals surface area contributed by atoms with Gasteiger partial charge >= 0.3 is 5.97 Å². The van der Waals surface area contributed by atoms with Gasteiger partial charge in [-0.15, -0.1) is 0 Å². The molecule has 2 aromatic carbocycles. The van der Waals surface area contributed by atoms with Gasteiger partial charge in [-0.2, -0.15) is 5.26 Å². The first kappa shape index (κ1) is 14.5. The second-order valence-electron chi connectivity index (χ2n) is 4.98. The molecular weight excluding hydrogens is 288 g/mol. The Labute approximate surface area is 133 Å². The Morgan fingerprint density at radius 2 is 1.83 bits per heavy atom. The number of nitrogens with zero attached hydrogens (tertiary/aromatic N) is 2. The van der Waals surface area contributed by atoms with E-state index in [2.05, 4.69) is 11.1 Å². The molecule has 0 amide bonds. The van der Waals surface area contributed by atoms with Crippen LogP contribution in [0.3, 0.4) is 0 Å². The Bertz CT molecular complexity index is 951. The van der Waals surface area contributed by atoms with Crippen LogP contribution in [0.2, 0.25) is 0 Å². The first-order valence-electron chi connectivity index (χ1n) is 6.99. The van der Waals surface area contributed by atoms with Crippen LogP contribution in [-0.2, 0) is 0 Å². The average Bonchev–Trinajstić information content (AvgIpc) is 2.59. The van der Waals surface area contributed by atoms with Crippen LogP contribution < -0.4 is 0 Å². The van der Waals surface area contributed by atoms with E-state index >= 15 is 0 Å². The third-order valence-corrected chi connectivity index (χ3v) is 3.45. The van der Waals surface area contributed by atoms with Crippen LogP contribution >= 0.6 is 0 Å². The molecular formula is C19H12N2O2. The second kappa shape index (κ2) is 6.12. The highest BCUT2D eigenvalue weighted by Gasteiger charge is 2.10. The number of pyridine rings is 1. The predicted molar refractivity (Wildman–Crippen MR) is 88.8 cm³/mol. The first-order chi connectivity index (χ1) is 11.2.